The average molecular weight is 495 g/mol. The van der Waals surface area contributed by atoms with Crippen LogP contribution in [0.4, 0.5) is 10.5 Å². The van der Waals surface area contributed by atoms with E-state index in [1.54, 1.807) is 30.3 Å². The largest absolute Gasteiger partial charge is 0.439 e. The van der Waals surface area contributed by atoms with Gasteiger partial charge >= 0.3 is 6.03 Å². The van der Waals surface area contributed by atoms with E-state index in [1.165, 1.54) is 12.1 Å². The van der Waals surface area contributed by atoms with Crippen molar-refractivity contribution in [3.8, 4) is 11.6 Å². The van der Waals surface area contributed by atoms with Crippen molar-refractivity contribution in [3.63, 3.8) is 0 Å². The van der Waals surface area contributed by atoms with Gasteiger partial charge in [0.25, 0.3) is 11.6 Å². The van der Waals surface area contributed by atoms with E-state index in [0.717, 1.165) is 21.1 Å². The van der Waals surface area contributed by atoms with Gasteiger partial charge in [0.05, 0.1) is 11.5 Å². The SMILES string of the molecule is O=C1N/C(=C/c2ccc(Oc3ccc([N+](=O)[O-])cn3)cc2)C(=O)N1Cc1ccc(Br)cc1. The van der Waals surface area contributed by atoms with Gasteiger partial charge in [0, 0.05) is 16.6 Å². The van der Waals surface area contributed by atoms with Crippen molar-refractivity contribution in [1.29, 1.82) is 0 Å². The molecule has 0 spiro atoms. The standard InChI is InChI=1S/C22H15BrN4O5/c23-16-5-1-15(2-6-16)13-26-21(28)19(25-22(26)29)11-14-3-8-18(9-4-14)32-20-10-7-17(12-24-20)27(30)31/h1-12H,13H2,(H,25,29)/b19-11+. The van der Waals surface area contributed by atoms with Crippen molar-refractivity contribution in [2.75, 3.05) is 0 Å². The molecule has 4 rings (SSSR count). The molecule has 32 heavy (non-hydrogen) atoms. The normalized spacial score (nSPS) is 14.5. The summed E-state index contributed by atoms with van der Waals surface area (Å²) in [5.74, 6) is 0.268. The van der Waals surface area contributed by atoms with E-state index in [1.807, 2.05) is 24.3 Å². The van der Waals surface area contributed by atoms with Gasteiger partial charge in [0.1, 0.15) is 17.6 Å². The molecule has 3 amide bonds. The van der Waals surface area contributed by atoms with Gasteiger partial charge in [-0.3, -0.25) is 19.8 Å². The van der Waals surface area contributed by atoms with E-state index < -0.39 is 16.9 Å². The monoisotopic (exact) mass is 494 g/mol. The third-order valence-electron chi connectivity index (χ3n) is 4.56. The van der Waals surface area contributed by atoms with E-state index in [4.69, 9.17) is 4.74 Å². The van der Waals surface area contributed by atoms with Crippen LogP contribution in [0.15, 0.2) is 77.0 Å². The number of hydrogen-bond acceptors (Lipinski definition) is 6. The van der Waals surface area contributed by atoms with Crippen LogP contribution in [0.1, 0.15) is 11.1 Å². The van der Waals surface area contributed by atoms with E-state index >= 15 is 0 Å². The molecule has 1 aromatic heterocycles. The van der Waals surface area contributed by atoms with Crippen LogP contribution in [0.5, 0.6) is 11.6 Å². The third-order valence-corrected chi connectivity index (χ3v) is 5.09. The Morgan fingerprint density at radius 2 is 1.78 bits per heavy atom. The van der Waals surface area contributed by atoms with Crippen molar-refractivity contribution in [2.24, 2.45) is 0 Å². The number of halogens is 1. The summed E-state index contributed by atoms with van der Waals surface area (Å²) in [6.45, 7) is 0.171. The first-order valence-electron chi connectivity index (χ1n) is 9.36. The second-order valence-corrected chi connectivity index (χ2v) is 7.70. The fraction of sp³-hybridized carbons (Fsp3) is 0.0455. The summed E-state index contributed by atoms with van der Waals surface area (Å²) >= 11 is 3.35. The summed E-state index contributed by atoms with van der Waals surface area (Å²) in [6.07, 6.45) is 2.69. The zero-order valence-corrected chi connectivity index (χ0v) is 18.0. The molecular formula is C22H15BrN4O5. The summed E-state index contributed by atoms with van der Waals surface area (Å²) in [5, 5.41) is 13.3. The molecular weight excluding hydrogens is 480 g/mol. The highest BCUT2D eigenvalue weighted by atomic mass is 79.9. The maximum atomic E-state index is 12.7. The molecule has 160 valence electrons. The number of nitro groups is 1. The van der Waals surface area contributed by atoms with Gasteiger partial charge in [0.15, 0.2) is 0 Å². The Balaban J connectivity index is 1.43. The number of imide groups is 1. The topological polar surface area (TPSA) is 115 Å². The van der Waals surface area contributed by atoms with Crippen LogP contribution >= 0.6 is 15.9 Å². The second kappa shape index (κ2) is 8.98. The number of hydrogen-bond donors (Lipinski definition) is 1. The highest BCUT2D eigenvalue weighted by Crippen LogP contribution is 2.23. The molecule has 0 saturated carbocycles. The lowest BCUT2D eigenvalue weighted by atomic mass is 10.1. The molecule has 1 saturated heterocycles. The number of benzene rings is 2. The van der Waals surface area contributed by atoms with Crippen molar-refractivity contribution in [1.82, 2.24) is 15.2 Å². The van der Waals surface area contributed by atoms with Crippen molar-refractivity contribution >= 4 is 39.6 Å². The smallest absolute Gasteiger partial charge is 0.329 e. The highest BCUT2D eigenvalue weighted by Gasteiger charge is 2.33. The van der Waals surface area contributed by atoms with Gasteiger partial charge in [-0.1, -0.05) is 40.2 Å². The Hall–Kier alpha value is -4.05. The summed E-state index contributed by atoms with van der Waals surface area (Å²) in [4.78, 5) is 40.1. The highest BCUT2D eigenvalue weighted by molar-refractivity contribution is 9.10. The molecule has 1 N–H and O–H groups in total. The zero-order chi connectivity index (χ0) is 22.7. The fourth-order valence-corrected chi connectivity index (χ4v) is 3.21. The van der Waals surface area contributed by atoms with Crippen LogP contribution in [0.3, 0.4) is 0 Å². The molecule has 1 aliphatic rings. The quantitative estimate of drug-likeness (QED) is 0.231. The number of urea groups is 1. The minimum Gasteiger partial charge on any atom is -0.439 e. The van der Waals surface area contributed by atoms with E-state index in [9.17, 15) is 19.7 Å². The summed E-state index contributed by atoms with van der Waals surface area (Å²) in [7, 11) is 0. The molecule has 1 fully saturated rings. The first kappa shape index (κ1) is 21.2. The number of carbonyl (C=O) groups is 2. The van der Waals surface area contributed by atoms with Crippen molar-refractivity contribution in [2.45, 2.75) is 6.54 Å². The lowest BCUT2D eigenvalue weighted by Crippen LogP contribution is -2.30. The van der Waals surface area contributed by atoms with E-state index in [0.29, 0.717) is 11.3 Å². The van der Waals surface area contributed by atoms with Crippen LogP contribution in [0, 0.1) is 10.1 Å². The van der Waals surface area contributed by atoms with Gasteiger partial charge in [-0.05, 0) is 41.5 Å². The zero-order valence-electron chi connectivity index (χ0n) is 16.4. The third kappa shape index (κ3) is 4.81. The number of rotatable bonds is 6. The molecule has 10 heteroatoms. The predicted molar refractivity (Wildman–Crippen MR) is 119 cm³/mol. The number of aromatic nitrogens is 1. The molecule has 0 radical (unpaired) electrons. The van der Waals surface area contributed by atoms with Crippen molar-refractivity contribution < 1.29 is 19.2 Å². The van der Waals surface area contributed by atoms with Crippen LogP contribution in [-0.2, 0) is 11.3 Å². The molecule has 1 aliphatic heterocycles. The number of nitrogens with zero attached hydrogens (tertiary/aromatic N) is 3. The minimum atomic E-state index is -0.539. The molecule has 0 bridgehead atoms. The first-order chi connectivity index (χ1) is 15.4. The minimum absolute atomic E-state index is 0.128. The number of ether oxygens (including phenoxy) is 1. The Kier molecular flexibility index (Phi) is 5.95. The Morgan fingerprint density at radius 3 is 2.41 bits per heavy atom. The Bertz CT molecular complexity index is 1210. The number of nitrogens with one attached hydrogen (secondary N) is 1. The van der Waals surface area contributed by atoms with Crippen LogP contribution in [-0.4, -0.2) is 26.7 Å². The maximum Gasteiger partial charge on any atom is 0.329 e. The fourth-order valence-electron chi connectivity index (χ4n) is 2.95. The van der Waals surface area contributed by atoms with Crippen LogP contribution < -0.4 is 10.1 Å². The lowest BCUT2D eigenvalue weighted by Gasteiger charge is -2.11. The van der Waals surface area contributed by atoms with Gasteiger partial charge < -0.3 is 10.1 Å². The molecule has 0 unspecified atom stereocenters. The lowest BCUT2D eigenvalue weighted by molar-refractivity contribution is -0.385. The second-order valence-electron chi connectivity index (χ2n) is 6.79. The van der Waals surface area contributed by atoms with Crippen molar-refractivity contribution in [3.05, 3.63) is 98.3 Å². The van der Waals surface area contributed by atoms with Gasteiger partial charge in [-0.2, -0.15) is 0 Å². The Labute approximate surface area is 190 Å². The summed E-state index contributed by atoms with van der Waals surface area (Å²) in [6, 6.07) is 16.3. The van der Waals surface area contributed by atoms with Gasteiger partial charge in [0.2, 0.25) is 5.88 Å². The Morgan fingerprint density at radius 1 is 1.06 bits per heavy atom. The predicted octanol–water partition coefficient (Wildman–Crippen LogP) is 4.64. The molecule has 0 aliphatic carbocycles. The van der Waals surface area contributed by atoms with Gasteiger partial charge in [-0.15, -0.1) is 0 Å². The summed E-state index contributed by atoms with van der Waals surface area (Å²) < 4.78 is 6.48. The molecule has 3 aromatic rings. The van der Waals surface area contributed by atoms with E-state index in [-0.39, 0.29) is 23.8 Å². The average Bonchev–Trinajstić information content (AvgIpc) is 3.04. The molecule has 2 aromatic carbocycles. The first-order valence-corrected chi connectivity index (χ1v) is 10.2. The summed E-state index contributed by atoms with van der Waals surface area (Å²) in [5.41, 5.74) is 1.57. The molecule has 2 heterocycles. The van der Waals surface area contributed by atoms with Crippen LogP contribution in [0.2, 0.25) is 0 Å². The number of pyridine rings is 1. The molecule has 9 nitrogen and oxygen atoms in total. The number of amides is 3. The van der Waals surface area contributed by atoms with E-state index in [2.05, 4.69) is 26.2 Å². The maximum absolute atomic E-state index is 12.7. The number of carbonyl (C=O) groups excluding carboxylic acids is 2. The molecule has 0 atom stereocenters. The van der Waals surface area contributed by atoms with Gasteiger partial charge in [-0.25, -0.2) is 9.78 Å². The van der Waals surface area contributed by atoms with Crippen LogP contribution in [0.25, 0.3) is 6.08 Å².